The zero-order chi connectivity index (χ0) is 20.6. The molecule has 1 N–H and O–H groups in total. The monoisotopic (exact) mass is 384 g/mol. The molecule has 0 fully saturated rings. The summed E-state index contributed by atoms with van der Waals surface area (Å²) in [6, 6.07) is 26.2. The fourth-order valence-corrected chi connectivity index (χ4v) is 2.82. The van der Waals surface area contributed by atoms with Gasteiger partial charge in [-0.15, -0.1) is 0 Å². The van der Waals surface area contributed by atoms with Gasteiger partial charge in [-0.3, -0.25) is 9.59 Å². The fraction of sp³-hybridized carbons (Fsp3) is 0.125. The van der Waals surface area contributed by atoms with Gasteiger partial charge in [-0.2, -0.15) is 5.26 Å². The number of nitriles is 1. The molecule has 5 heteroatoms. The van der Waals surface area contributed by atoms with E-state index in [1.165, 1.54) is 6.92 Å². The number of anilines is 1. The second kappa shape index (κ2) is 9.34. The molecule has 0 bridgehead atoms. The molecule has 0 unspecified atom stereocenters. The molecule has 0 aliphatic heterocycles. The summed E-state index contributed by atoms with van der Waals surface area (Å²) in [4.78, 5) is 24.4. The number of nitrogens with zero attached hydrogens (tertiary/aromatic N) is 1. The van der Waals surface area contributed by atoms with Gasteiger partial charge in [-0.25, -0.2) is 0 Å². The molecule has 1 amide bonds. The molecule has 0 saturated heterocycles. The Morgan fingerprint density at radius 3 is 2.34 bits per heavy atom. The molecule has 29 heavy (non-hydrogen) atoms. The lowest BCUT2D eigenvalue weighted by Crippen LogP contribution is -2.30. The van der Waals surface area contributed by atoms with Crippen LogP contribution in [0.2, 0.25) is 0 Å². The molecule has 3 aromatic carbocycles. The van der Waals surface area contributed by atoms with Crippen LogP contribution in [0.1, 0.15) is 18.1 Å². The van der Waals surface area contributed by atoms with E-state index in [9.17, 15) is 9.59 Å². The maximum absolute atomic E-state index is 12.2. The van der Waals surface area contributed by atoms with Gasteiger partial charge in [-0.1, -0.05) is 60.7 Å². The fourth-order valence-electron chi connectivity index (χ4n) is 2.82. The maximum Gasteiger partial charge on any atom is 0.311 e. The third-order valence-electron chi connectivity index (χ3n) is 4.35. The third kappa shape index (κ3) is 5.53. The highest BCUT2D eigenvalue weighted by atomic mass is 16.5. The summed E-state index contributed by atoms with van der Waals surface area (Å²) < 4.78 is 5.24. The summed E-state index contributed by atoms with van der Waals surface area (Å²) in [5.41, 5.74) is 3.89. The van der Waals surface area contributed by atoms with Gasteiger partial charge in [0.2, 0.25) is 0 Å². The van der Waals surface area contributed by atoms with E-state index in [4.69, 9.17) is 10.00 Å². The first kappa shape index (κ1) is 19.8. The SMILES string of the molecule is C[C@@H](OC(=O)Cc1ccc(-c2ccccc2)cc1)C(=O)Nc1cccc(C#N)c1. The molecule has 3 rings (SSSR count). The molecule has 0 heterocycles. The summed E-state index contributed by atoms with van der Waals surface area (Å²) in [5.74, 6) is -0.932. The third-order valence-corrected chi connectivity index (χ3v) is 4.35. The van der Waals surface area contributed by atoms with E-state index in [0.29, 0.717) is 11.3 Å². The molecule has 144 valence electrons. The Hall–Kier alpha value is -3.91. The summed E-state index contributed by atoms with van der Waals surface area (Å²) in [6.45, 7) is 1.51. The van der Waals surface area contributed by atoms with Crippen LogP contribution in [0.15, 0.2) is 78.9 Å². The summed E-state index contributed by atoms with van der Waals surface area (Å²) in [6.07, 6.45) is -0.867. The smallest absolute Gasteiger partial charge is 0.311 e. The van der Waals surface area contributed by atoms with Crippen molar-refractivity contribution in [2.75, 3.05) is 5.32 Å². The first-order chi connectivity index (χ1) is 14.0. The van der Waals surface area contributed by atoms with Crippen molar-refractivity contribution in [3.05, 3.63) is 90.0 Å². The lowest BCUT2D eigenvalue weighted by atomic mass is 10.0. The number of carbonyl (C=O) groups excluding carboxylic acids is 2. The van der Waals surface area contributed by atoms with Gasteiger partial charge in [-0.05, 0) is 41.8 Å². The quantitative estimate of drug-likeness (QED) is 0.641. The highest BCUT2D eigenvalue weighted by molar-refractivity contribution is 5.95. The first-order valence-corrected chi connectivity index (χ1v) is 9.20. The van der Waals surface area contributed by atoms with Crippen molar-refractivity contribution in [2.24, 2.45) is 0 Å². The Balaban J connectivity index is 1.54. The Kier molecular flexibility index (Phi) is 6.39. The summed E-state index contributed by atoms with van der Waals surface area (Å²) in [7, 11) is 0. The average molecular weight is 384 g/mol. The molecule has 0 aliphatic rings. The van der Waals surface area contributed by atoms with Crippen molar-refractivity contribution < 1.29 is 14.3 Å². The van der Waals surface area contributed by atoms with Gasteiger partial charge in [0, 0.05) is 5.69 Å². The minimum Gasteiger partial charge on any atom is -0.452 e. The molecule has 1 atom stereocenters. The van der Waals surface area contributed by atoms with Crippen molar-refractivity contribution in [3.63, 3.8) is 0 Å². The number of amides is 1. The van der Waals surface area contributed by atoms with Crippen molar-refractivity contribution in [3.8, 4) is 17.2 Å². The van der Waals surface area contributed by atoms with Crippen LogP contribution in [0.5, 0.6) is 0 Å². The summed E-state index contributed by atoms with van der Waals surface area (Å²) in [5, 5.41) is 11.6. The maximum atomic E-state index is 12.2. The number of hydrogen-bond donors (Lipinski definition) is 1. The summed E-state index contributed by atoms with van der Waals surface area (Å²) >= 11 is 0. The van der Waals surface area contributed by atoms with E-state index in [1.54, 1.807) is 24.3 Å². The van der Waals surface area contributed by atoms with Crippen molar-refractivity contribution in [2.45, 2.75) is 19.4 Å². The van der Waals surface area contributed by atoms with Crippen molar-refractivity contribution in [1.29, 1.82) is 5.26 Å². The number of ether oxygens (including phenoxy) is 1. The molecule has 0 spiro atoms. The van der Waals surface area contributed by atoms with E-state index in [-0.39, 0.29) is 6.42 Å². The van der Waals surface area contributed by atoms with Crippen molar-refractivity contribution >= 4 is 17.6 Å². The Bertz CT molecular complexity index is 1040. The number of hydrogen-bond acceptors (Lipinski definition) is 4. The molecule has 0 radical (unpaired) electrons. The van der Waals surface area contributed by atoms with Gasteiger partial charge in [0.25, 0.3) is 5.91 Å². The zero-order valence-electron chi connectivity index (χ0n) is 16.0. The standard InChI is InChI=1S/C24H20N2O3/c1-17(24(28)26-22-9-5-6-19(14-22)16-25)29-23(27)15-18-10-12-21(13-11-18)20-7-3-2-4-8-20/h2-14,17H,15H2,1H3,(H,26,28)/t17-/m1/s1. The van der Waals surface area contributed by atoms with Crippen LogP contribution in [-0.4, -0.2) is 18.0 Å². The minimum absolute atomic E-state index is 0.0800. The van der Waals surface area contributed by atoms with Crippen LogP contribution in [0.25, 0.3) is 11.1 Å². The number of rotatable bonds is 6. The second-order valence-corrected chi connectivity index (χ2v) is 6.55. The van der Waals surface area contributed by atoms with E-state index in [1.807, 2.05) is 60.7 Å². The molecular weight excluding hydrogens is 364 g/mol. The number of benzene rings is 3. The normalized spacial score (nSPS) is 11.2. The van der Waals surface area contributed by atoms with E-state index >= 15 is 0 Å². The number of carbonyl (C=O) groups is 2. The topological polar surface area (TPSA) is 79.2 Å². The first-order valence-electron chi connectivity index (χ1n) is 9.20. The Morgan fingerprint density at radius 1 is 0.966 bits per heavy atom. The van der Waals surface area contributed by atoms with Crippen LogP contribution in [0.4, 0.5) is 5.69 Å². The van der Waals surface area contributed by atoms with Gasteiger partial charge in [0.1, 0.15) is 0 Å². The van der Waals surface area contributed by atoms with Crippen LogP contribution < -0.4 is 5.32 Å². The van der Waals surface area contributed by atoms with E-state index in [2.05, 4.69) is 5.32 Å². The van der Waals surface area contributed by atoms with Gasteiger partial charge >= 0.3 is 5.97 Å². The predicted molar refractivity (Wildman–Crippen MR) is 111 cm³/mol. The Labute approximate surface area is 169 Å². The van der Waals surface area contributed by atoms with Gasteiger partial charge in [0.15, 0.2) is 6.10 Å². The average Bonchev–Trinajstić information content (AvgIpc) is 2.75. The van der Waals surface area contributed by atoms with Gasteiger partial charge < -0.3 is 10.1 Å². The molecular formula is C24H20N2O3. The molecule has 0 aromatic heterocycles. The Morgan fingerprint density at radius 2 is 1.66 bits per heavy atom. The molecule has 0 saturated carbocycles. The lowest BCUT2D eigenvalue weighted by Gasteiger charge is -2.14. The molecule has 5 nitrogen and oxygen atoms in total. The number of esters is 1. The largest absolute Gasteiger partial charge is 0.452 e. The van der Waals surface area contributed by atoms with Crippen LogP contribution in [0, 0.1) is 11.3 Å². The van der Waals surface area contributed by atoms with E-state index in [0.717, 1.165) is 16.7 Å². The highest BCUT2D eigenvalue weighted by Gasteiger charge is 2.18. The number of nitrogens with one attached hydrogen (secondary N) is 1. The van der Waals surface area contributed by atoms with E-state index < -0.39 is 18.0 Å². The zero-order valence-corrected chi connectivity index (χ0v) is 16.0. The predicted octanol–water partition coefficient (Wildman–Crippen LogP) is 4.34. The van der Waals surface area contributed by atoms with Gasteiger partial charge in [0.05, 0.1) is 18.1 Å². The second-order valence-electron chi connectivity index (χ2n) is 6.55. The van der Waals surface area contributed by atoms with Crippen LogP contribution in [0.3, 0.4) is 0 Å². The van der Waals surface area contributed by atoms with Crippen LogP contribution >= 0.6 is 0 Å². The molecule has 0 aliphatic carbocycles. The molecule has 3 aromatic rings. The highest BCUT2D eigenvalue weighted by Crippen LogP contribution is 2.19. The lowest BCUT2D eigenvalue weighted by molar-refractivity contribution is -0.152. The van der Waals surface area contributed by atoms with Crippen molar-refractivity contribution in [1.82, 2.24) is 0 Å². The van der Waals surface area contributed by atoms with Crippen LogP contribution in [-0.2, 0) is 20.7 Å². The minimum atomic E-state index is -0.947.